The predicted octanol–water partition coefficient (Wildman–Crippen LogP) is 8.38. The molecule has 22 heteroatoms. The smallest absolute Gasteiger partial charge is 0.326 e. The number of nitrogens with zero attached hydrogens (tertiary/aromatic N) is 5. The van der Waals surface area contributed by atoms with Crippen LogP contribution in [0, 0.1) is 0 Å². The molecule has 83 heavy (non-hydrogen) atoms. The Balaban J connectivity index is 0.973. The fourth-order valence-electron chi connectivity index (χ4n) is 11.1. The molecule has 0 spiro atoms. The van der Waals surface area contributed by atoms with E-state index in [1.807, 2.05) is 24.3 Å². The number of fused-ring (bicyclic) bond motifs is 3. The van der Waals surface area contributed by atoms with E-state index in [2.05, 4.69) is 116 Å². The van der Waals surface area contributed by atoms with Gasteiger partial charge in [0.2, 0.25) is 11.6 Å². The first-order chi connectivity index (χ1) is 39.4. The van der Waals surface area contributed by atoms with Crippen molar-refractivity contribution in [3.05, 3.63) is 188 Å². The molecule has 2 aliphatic heterocycles. The third kappa shape index (κ3) is 14.1. The number of hydrogen-bond acceptors (Lipinski definition) is 15. The van der Waals surface area contributed by atoms with Gasteiger partial charge in [0.1, 0.15) is 24.1 Å². The molecule has 1 atom stereocenters. The first kappa shape index (κ1) is 59.3. The molecular weight excluding hydrogens is 1100 g/mol. The van der Waals surface area contributed by atoms with Crippen LogP contribution in [-0.4, -0.2) is 104 Å². The maximum atomic E-state index is 13.5. The third-order valence-electron chi connectivity index (χ3n) is 15.3. The molecule has 20 nitrogen and oxygen atoms in total. The molecule has 7 N–H and O–H groups in total. The summed E-state index contributed by atoms with van der Waals surface area (Å²) in [6, 6.07) is 28.5. The van der Waals surface area contributed by atoms with Gasteiger partial charge in [-0.1, -0.05) is 68.5 Å². The number of carbonyl (C=O) groups excluding carboxylic acids is 1. The SMILES string of the molecule is CC1(C)C(=CC=C2CCCC(C=CC3=[N+](CCCCS(=O)(=O)O)c4ccccc4C3(C)C)=C2Oc2ccc(CC(NC(=O)c3ccc(NCc4cnc5nc(N)[nH]c(=O)c5n4)cc3)C(=O)O)cc2)N(CCCCS(=O)(=O)[O-])c2ccccc21. The van der Waals surface area contributed by atoms with Crippen molar-refractivity contribution in [2.75, 3.05) is 40.5 Å². The molecule has 0 saturated carbocycles. The fraction of sp³-hybridized carbons (Fsp3) is 0.328. The summed E-state index contributed by atoms with van der Waals surface area (Å²) < 4.78 is 76.4. The molecule has 0 bridgehead atoms. The van der Waals surface area contributed by atoms with Gasteiger partial charge in [0.25, 0.3) is 21.6 Å². The Hall–Kier alpha value is -8.31. The number of amides is 1. The van der Waals surface area contributed by atoms with Crippen molar-refractivity contribution < 1.29 is 49.9 Å². The monoisotopic (exact) mass is 1170 g/mol. The van der Waals surface area contributed by atoms with Crippen LogP contribution in [0.15, 0.2) is 155 Å². The Morgan fingerprint density at radius 1 is 0.867 bits per heavy atom. The molecular formula is C61H67N9O11S2. The van der Waals surface area contributed by atoms with Crippen LogP contribution in [0.3, 0.4) is 0 Å². The van der Waals surface area contributed by atoms with E-state index in [9.17, 15) is 45.4 Å². The summed E-state index contributed by atoms with van der Waals surface area (Å²) in [6.07, 6.45) is 13.5. The molecule has 9 rings (SSSR count). The Morgan fingerprint density at radius 2 is 1.58 bits per heavy atom. The van der Waals surface area contributed by atoms with Crippen molar-refractivity contribution in [1.82, 2.24) is 25.3 Å². The topological polar surface area (TPSA) is 303 Å². The van der Waals surface area contributed by atoms with Gasteiger partial charge in [-0.25, -0.2) is 23.2 Å². The molecule has 4 heterocycles. The van der Waals surface area contributed by atoms with Gasteiger partial charge in [0.05, 0.1) is 39.7 Å². The Labute approximate surface area is 482 Å². The van der Waals surface area contributed by atoms with E-state index < -0.39 is 60.3 Å². The van der Waals surface area contributed by atoms with E-state index in [-0.39, 0.29) is 54.2 Å². The number of aliphatic carboxylic acids is 1. The zero-order chi connectivity index (χ0) is 59.3. The van der Waals surface area contributed by atoms with E-state index in [0.29, 0.717) is 67.2 Å². The third-order valence-corrected chi connectivity index (χ3v) is 16.9. The van der Waals surface area contributed by atoms with Crippen LogP contribution in [0.4, 0.5) is 23.0 Å². The predicted molar refractivity (Wildman–Crippen MR) is 318 cm³/mol. The van der Waals surface area contributed by atoms with Crippen LogP contribution in [0.1, 0.15) is 105 Å². The van der Waals surface area contributed by atoms with Gasteiger partial charge >= 0.3 is 5.97 Å². The minimum Gasteiger partial charge on any atom is -0.748 e. The van der Waals surface area contributed by atoms with Crippen molar-refractivity contribution in [1.29, 1.82) is 0 Å². The van der Waals surface area contributed by atoms with Gasteiger partial charge in [-0.3, -0.25) is 19.1 Å². The number of ether oxygens (including phenoxy) is 1. The lowest BCUT2D eigenvalue weighted by Gasteiger charge is -2.28. The summed E-state index contributed by atoms with van der Waals surface area (Å²) in [5, 5.41) is 16.1. The molecule has 1 amide bonds. The van der Waals surface area contributed by atoms with Gasteiger partial charge in [0, 0.05) is 70.9 Å². The van der Waals surface area contributed by atoms with Crippen molar-refractivity contribution in [2.45, 2.75) is 102 Å². The van der Waals surface area contributed by atoms with E-state index >= 15 is 0 Å². The first-order valence-corrected chi connectivity index (χ1v) is 30.6. The largest absolute Gasteiger partial charge is 0.748 e. The second kappa shape index (κ2) is 24.6. The molecule has 434 valence electrons. The van der Waals surface area contributed by atoms with Gasteiger partial charge in [-0.2, -0.15) is 18.0 Å². The second-order valence-corrected chi connectivity index (χ2v) is 25.0. The number of aromatic amines is 1. The highest BCUT2D eigenvalue weighted by Gasteiger charge is 2.44. The number of nitrogens with one attached hydrogen (secondary N) is 3. The molecule has 2 aromatic heterocycles. The molecule has 1 unspecified atom stereocenters. The summed E-state index contributed by atoms with van der Waals surface area (Å²) in [5.41, 5.74) is 14.5. The number of carboxylic acids is 1. The summed E-state index contributed by atoms with van der Waals surface area (Å²) in [4.78, 5) is 55.5. The highest BCUT2D eigenvalue weighted by atomic mass is 32.2. The van der Waals surface area contributed by atoms with Gasteiger partial charge in [-0.05, 0) is 129 Å². The number of nitrogens with two attached hydrogens (primary N) is 1. The zero-order valence-electron chi connectivity index (χ0n) is 46.6. The van der Waals surface area contributed by atoms with Gasteiger partial charge in [-0.15, -0.1) is 0 Å². The average Bonchev–Trinajstić information content (AvgIpc) is 3.28. The van der Waals surface area contributed by atoms with Crippen LogP contribution < -0.4 is 31.6 Å². The summed E-state index contributed by atoms with van der Waals surface area (Å²) >= 11 is 0. The van der Waals surface area contributed by atoms with Gasteiger partial charge < -0.3 is 35.7 Å². The van der Waals surface area contributed by atoms with Crippen LogP contribution in [-0.2, 0) is 48.8 Å². The molecule has 0 fully saturated rings. The number of anilines is 3. The minimum atomic E-state index is -4.36. The quantitative estimate of drug-likeness (QED) is 0.0199. The maximum Gasteiger partial charge on any atom is 0.326 e. The number of nitrogen functional groups attached to an aromatic ring is 1. The number of rotatable bonds is 23. The molecule has 0 saturated heterocycles. The summed E-state index contributed by atoms with van der Waals surface area (Å²) in [6.45, 7) is 9.85. The number of H-pyrrole nitrogens is 1. The average molecular weight is 1170 g/mol. The van der Waals surface area contributed by atoms with E-state index in [0.717, 1.165) is 51.5 Å². The fourth-order valence-corrected chi connectivity index (χ4v) is 12.2. The summed E-state index contributed by atoms with van der Waals surface area (Å²) in [7, 11) is -8.48. The van der Waals surface area contributed by atoms with Crippen LogP contribution in [0.5, 0.6) is 5.75 Å². The number of para-hydroxylation sites is 2. The molecule has 0 radical (unpaired) electrons. The van der Waals surface area contributed by atoms with Crippen LogP contribution in [0.25, 0.3) is 11.2 Å². The van der Waals surface area contributed by atoms with E-state index in [1.54, 1.807) is 48.5 Å². The van der Waals surface area contributed by atoms with Crippen molar-refractivity contribution in [3.8, 4) is 5.75 Å². The molecule has 3 aliphatic rings. The lowest BCUT2D eigenvalue weighted by atomic mass is 9.81. The standard InChI is InChI=1S/C61H67N9O11S2/c1-60(2)46-16-5-7-18-49(46)69(32-9-11-34-82(75,76)77)51(60)30-24-40-14-13-15-41(25-31-52-61(3,4)47-17-6-8-19-50(47)70(52)33-10-12-35-83(78,79)80)54(40)81-45-28-20-39(21-29-45)36-48(58(73)74)66-56(71)42-22-26-43(27-23-42)63-37-44-38-64-55-53(65-44)57(72)68-59(62)67-55/h5-8,16-31,38,48H,9-15,32-37H2,1-4H3,(H7-,62,63,64,66,67,68,71,72,73,74,75,76,77,78,79,80). The highest BCUT2D eigenvalue weighted by molar-refractivity contribution is 7.85. The molecule has 6 aromatic rings. The van der Waals surface area contributed by atoms with Crippen molar-refractivity contribution >= 4 is 72.0 Å². The van der Waals surface area contributed by atoms with E-state index in [4.69, 9.17) is 10.5 Å². The minimum absolute atomic E-state index is 0.0292. The number of carboxylic acid groups (broad SMARTS) is 1. The Morgan fingerprint density at radius 3 is 2.30 bits per heavy atom. The highest BCUT2D eigenvalue weighted by Crippen LogP contribution is 2.48. The van der Waals surface area contributed by atoms with Crippen LogP contribution in [0.2, 0.25) is 0 Å². The van der Waals surface area contributed by atoms with Crippen LogP contribution >= 0.6 is 0 Å². The zero-order valence-corrected chi connectivity index (χ0v) is 48.2. The second-order valence-electron chi connectivity index (χ2n) is 21.9. The lowest BCUT2D eigenvalue weighted by Crippen LogP contribution is -2.42. The normalized spacial score (nSPS) is 17.1. The Bertz CT molecular complexity index is 3930. The van der Waals surface area contributed by atoms with Gasteiger partial charge in [0.15, 0.2) is 16.9 Å². The van der Waals surface area contributed by atoms with Crippen molar-refractivity contribution in [3.63, 3.8) is 0 Å². The van der Waals surface area contributed by atoms with E-state index in [1.165, 1.54) is 6.20 Å². The number of aromatic nitrogens is 4. The molecule has 4 aromatic carbocycles. The number of hydrogen-bond donors (Lipinski definition) is 6. The molecule has 1 aliphatic carbocycles. The first-order valence-electron chi connectivity index (χ1n) is 27.4. The summed E-state index contributed by atoms with van der Waals surface area (Å²) in [5.74, 6) is -1.50. The number of allylic oxidation sites excluding steroid dienone is 7. The Kier molecular flexibility index (Phi) is 17.6. The number of carbonyl (C=O) groups is 2. The number of benzene rings is 4. The maximum absolute atomic E-state index is 13.5. The number of unbranched alkanes of at least 4 members (excludes halogenated alkanes) is 2. The van der Waals surface area contributed by atoms with Crippen molar-refractivity contribution in [2.24, 2.45) is 0 Å². The lowest BCUT2D eigenvalue weighted by molar-refractivity contribution is -0.438.